The first-order chi connectivity index (χ1) is 31.5. The van der Waals surface area contributed by atoms with Crippen LogP contribution in [0.2, 0.25) is 0 Å². The highest BCUT2D eigenvalue weighted by Gasteiger charge is 2.54. The van der Waals surface area contributed by atoms with Crippen molar-refractivity contribution >= 4 is 27.6 Å². The van der Waals surface area contributed by atoms with Crippen LogP contribution in [0.1, 0.15) is 174 Å². The Morgan fingerprint density at radius 1 is 0.561 bits per heavy atom. The van der Waals surface area contributed by atoms with Crippen molar-refractivity contribution < 1.29 is 82.0 Å². The van der Waals surface area contributed by atoms with Gasteiger partial charge in [-0.25, -0.2) is 9.13 Å². The van der Waals surface area contributed by atoms with Gasteiger partial charge in [0, 0.05) is 12.8 Å². The molecule has 1 fully saturated rings. The average Bonchev–Trinajstić information content (AvgIpc) is 3.26. The third-order valence-electron chi connectivity index (χ3n) is 11.0. The maximum absolute atomic E-state index is 13.0. The van der Waals surface area contributed by atoms with Gasteiger partial charge in [0.15, 0.2) is 6.10 Å². The number of carbonyl (C=O) groups excluding carboxylic acids is 2. The van der Waals surface area contributed by atoms with Crippen LogP contribution < -0.4 is 0 Å². The number of aliphatic hydroxyl groups excluding tert-OH is 5. The second-order valence-electron chi connectivity index (χ2n) is 17.0. The molecule has 0 aromatic heterocycles. The Bertz CT molecular complexity index is 1480. The minimum atomic E-state index is -5.38. The van der Waals surface area contributed by atoms with Crippen LogP contribution in [0.4, 0.5) is 0 Å². The molecule has 0 aromatic rings. The first-order valence-corrected chi connectivity index (χ1v) is 27.3. The van der Waals surface area contributed by atoms with Crippen LogP contribution in [-0.2, 0) is 41.8 Å². The molecule has 0 aliphatic heterocycles. The summed E-state index contributed by atoms with van der Waals surface area (Å²) in [4.78, 5) is 54.3. The normalized spacial score (nSPS) is 22.4. The van der Waals surface area contributed by atoms with Gasteiger partial charge < -0.3 is 49.7 Å². The molecule has 19 heteroatoms. The molecule has 0 spiro atoms. The fourth-order valence-electron chi connectivity index (χ4n) is 7.15. The zero-order valence-electron chi connectivity index (χ0n) is 39.5. The van der Waals surface area contributed by atoms with Gasteiger partial charge >= 0.3 is 27.6 Å². The lowest BCUT2D eigenvalue weighted by atomic mass is 9.85. The van der Waals surface area contributed by atoms with Gasteiger partial charge in [0.05, 0.1) is 12.7 Å². The summed E-state index contributed by atoms with van der Waals surface area (Å²) < 4.78 is 49.2. The highest BCUT2D eigenvalue weighted by molar-refractivity contribution is 7.47. The van der Waals surface area contributed by atoms with Crippen molar-refractivity contribution in [2.45, 2.75) is 223 Å². The van der Waals surface area contributed by atoms with Gasteiger partial charge in [-0.05, 0) is 64.2 Å². The summed E-state index contributed by atoms with van der Waals surface area (Å²) >= 11 is 0. The minimum Gasteiger partial charge on any atom is -0.462 e. The zero-order chi connectivity index (χ0) is 49.1. The van der Waals surface area contributed by atoms with E-state index in [0.29, 0.717) is 6.42 Å². The molecule has 0 saturated heterocycles. The van der Waals surface area contributed by atoms with Crippen molar-refractivity contribution in [3.63, 3.8) is 0 Å². The van der Waals surface area contributed by atoms with E-state index in [1.807, 2.05) is 12.2 Å². The van der Waals surface area contributed by atoms with Gasteiger partial charge in [0.2, 0.25) is 0 Å². The molecule has 0 aromatic carbocycles. The maximum atomic E-state index is 13.0. The summed E-state index contributed by atoms with van der Waals surface area (Å²) in [5, 5.41) is 51.6. The number of hydrogen-bond acceptors (Lipinski definition) is 14. The smallest absolute Gasteiger partial charge is 0.462 e. The molecule has 1 rings (SSSR count). The van der Waals surface area contributed by atoms with Crippen LogP contribution in [0.5, 0.6) is 0 Å². The number of esters is 2. The van der Waals surface area contributed by atoms with Gasteiger partial charge in [-0.3, -0.25) is 23.2 Å². The van der Waals surface area contributed by atoms with E-state index in [1.165, 1.54) is 77.0 Å². The summed E-state index contributed by atoms with van der Waals surface area (Å²) in [5.41, 5.74) is 0. The van der Waals surface area contributed by atoms with Crippen LogP contribution in [0.15, 0.2) is 48.6 Å². The minimum absolute atomic E-state index is 0.00588. The fraction of sp³-hybridized carbons (Fsp3) is 0.787. The Labute approximate surface area is 393 Å². The monoisotopic (exact) mass is 983 g/mol. The summed E-state index contributed by atoms with van der Waals surface area (Å²) in [6.45, 7) is 2.93. The Kier molecular flexibility index (Phi) is 35.4. The topological polar surface area (TPSA) is 276 Å². The molecule has 66 heavy (non-hydrogen) atoms. The van der Waals surface area contributed by atoms with Gasteiger partial charge in [-0.1, -0.05) is 146 Å². The lowest BCUT2D eigenvalue weighted by molar-refractivity contribution is -0.216. The number of carbonyl (C=O) groups is 2. The van der Waals surface area contributed by atoms with E-state index in [-0.39, 0.29) is 25.7 Å². The van der Waals surface area contributed by atoms with Crippen LogP contribution in [0, 0.1) is 0 Å². The summed E-state index contributed by atoms with van der Waals surface area (Å²) in [6.07, 6.45) is 23.8. The molecular formula is C47H84O17P2. The van der Waals surface area contributed by atoms with Crippen LogP contribution in [0.25, 0.3) is 0 Å². The van der Waals surface area contributed by atoms with Gasteiger partial charge in [0.25, 0.3) is 0 Å². The third-order valence-corrected chi connectivity index (χ3v) is 12.5. The van der Waals surface area contributed by atoms with Crippen molar-refractivity contribution in [3.8, 4) is 0 Å². The van der Waals surface area contributed by atoms with E-state index in [9.17, 15) is 58.9 Å². The molecule has 6 unspecified atom stereocenters. The maximum Gasteiger partial charge on any atom is 0.472 e. The largest absolute Gasteiger partial charge is 0.472 e. The van der Waals surface area contributed by atoms with E-state index in [4.69, 9.17) is 18.5 Å². The predicted molar refractivity (Wildman–Crippen MR) is 252 cm³/mol. The van der Waals surface area contributed by atoms with Crippen molar-refractivity contribution in [3.05, 3.63) is 48.6 Å². The Balaban J connectivity index is 2.67. The van der Waals surface area contributed by atoms with E-state index < -0.39 is 89.6 Å². The highest BCUT2D eigenvalue weighted by Crippen LogP contribution is 2.49. The Morgan fingerprint density at radius 3 is 1.62 bits per heavy atom. The third kappa shape index (κ3) is 31.9. The fourth-order valence-corrected chi connectivity index (χ4v) is 8.69. The van der Waals surface area contributed by atoms with E-state index in [1.54, 1.807) is 12.2 Å². The second-order valence-corrected chi connectivity index (χ2v) is 19.6. The molecule has 1 aliphatic rings. The quantitative estimate of drug-likeness (QED) is 0.00943. The first kappa shape index (κ1) is 61.9. The van der Waals surface area contributed by atoms with Crippen molar-refractivity contribution in [1.29, 1.82) is 0 Å². The van der Waals surface area contributed by atoms with Gasteiger partial charge in [-0.2, -0.15) is 0 Å². The van der Waals surface area contributed by atoms with Gasteiger partial charge in [-0.15, -0.1) is 0 Å². The molecule has 17 nitrogen and oxygen atoms in total. The van der Waals surface area contributed by atoms with Crippen LogP contribution in [0.3, 0.4) is 0 Å². The number of hydrogen-bond donors (Lipinski definition) is 8. The number of phosphoric acid groups is 2. The second kappa shape index (κ2) is 37.8. The summed E-state index contributed by atoms with van der Waals surface area (Å²) in [5.74, 6) is -1.41. The molecule has 1 aliphatic carbocycles. The van der Waals surface area contributed by atoms with Crippen LogP contribution >= 0.6 is 15.6 Å². The molecule has 0 amide bonds. The van der Waals surface area contributed by atoms with Gasteiger partial charge in [0.1, 0.15) is 43.2 Å². The highest BCUT2D eigenvalue weighted by atomic mass is 31.2. The zero-order valence-corrected chi connectivity index (χ0v) is 41.3. The Morgan fingerprint density at radius 2 is 1.06 bits per heavy atom. The number of rotatable bonds is 40. The Hall–Kier alpha value is -2.08. The van der Waals surface area contributed by atoms with E-state index in [2.05, 4.69) is 42.7 Å². The van der Waals surface area contributed by atoms with E-state index in [0.717, 1.165) is 51.4 Å². The molecule has 384 valence electrons. The number of allylic oxidation sites excluding steroid dienone is 7. The predicted octanol–water partition coefficient (Wildman–Crippen LogP) is 8.26. The first-order valence-electron chi connectivity index (χ1n) is 24.3. The molecule has 0 bridgehead atoms. The molecule has 0 radical (unpaired) electrons. The summed E-state index contributed by atoms with van der Waals surface area (Å²) in [6, 6.07) is 0. The van der Waals surface area contributed by atoms with Crippen molar-refractivity contribution in [2.75, 3.05) is 13.2 Å². The van der Waals surface area contributed by atoms with Crippen molar-refractivity contribution in [1.82, 2.24) is 0 Å². The standard InChI is InChI=1S/C47H84O17P2/c1-3-5-7-9-11-13-15-17-18-20-22-24-26-28-30-34-41(50)62-39(37-61-66(58,59)64-47-44(53)42(51)43(52)46(45(47)54)63-65(55,56)57)36-60-40(49)35-31-33-38(48)32-29-27-25-23-21-19-16-14-12-10-8-6-4-2/h17-19,21,25,27,29,32,38-39,42-48,51-54H,3-16,20,22-24,26,28,30-31,33-37H2,1-2H3,(H,58,59)(H2,55,56,57)/b18-17-,21-19+,27-25+,32-29+/t38?,39-,42?,43?,44?,45?,46-,47+/m1/s1. The number of ether oxygens (including phenoxy) is 2. The average molecular weight is 983 g/mol. The van der Waals surface area contributed by atoms with Crippen LogP contribution in [-0.4, -0.2) is 114 Å². The van der Waals surface area contributed by atoms with E-state index >= 15 is 0 Å². The summed E-state index contributed by atoms with van der Waals surface area (Å²) in [7, 11) is -10.7. The van der Waals surface area contributed by atoms with Crippen molar-refractivity contribution in [2.24, 2.45) is 0 Å². The molecule has 9 atom stereocenters. The lowest BCUT2D eigenvalue weighted by Gasteiger charge is -2.43. The number of phosphoric ester groups is 2. The number of unbranched alkanes of at least 4 members (excludes halogenated alkanes) is 17. The molecule has 1 saturated carbocycles. The number of aliphatic hydroxyl groups is 5. The lowest BCUT2D eigenvalue weighted by Crippen LogP contribution is -2.64. The molecule has 8 N–H and O–H groups in total. The molecule has 0 heterocycles. The SMILES string of the molecule is CCCCCCCC/C=C\CCCCCCCC(=O)O[C@H](COC(=O)CCCC(O)/C=C/C=C/C/C=C/CCCCCCCC)COP(=O)(O)O[C@H]1C(O)C(O)C(O)[C@@H](OP(=O)(O)O)C1O. The molecular weight excluding hydrogens is 898 g/mol.